The molecule has 0 atom stereocenters. The molecule has 0 saturated carbocycles. The summed E-state index contributed by atoms with van der Waals surface area (Å²) in [5.74, 6) is 0. The van der Waals surface area contributed by atoms with E-state index < -0.39 is 140 Å². The van der Waals surface area contributed by atoms with Crippen LogP contribution in [0.4, 0.5) is 0 Å². The second-order valence-electron chi connectivity index (χ2n) is 12.0. The lowest BCUT2D eigenvalue weighted by molar-refractivity contribution is 0.590. The molecule has 186 valence electrons. The van der Waals surface area contributed by atoms with Crippen molar-refractivity contribution in [3.8, 4) is 33.4 Å². The predicted molar refractivity (Wildman–Crippen MR) is 159 cm³/mol. The van der Waals surface area contributed by atoms with Gasteiger partial charge in [0.2, 0.25) is 0 Å². The van der Waals surface area contributed by atoms with Gasteiger partial charge in [0.15, 0.2) is 0 Å². The topological polar surface area (TPSA) is 0 Å². The normalized spacial score (nSPS) is 18.4. The van der Waals surface area contributed by atoms with E-state index in [0.717, 1.165) is 0 Å². The lowest BCUT2D eigenvalue weighted by atomic mass is 9.84. The van der Waals surface area contributed by atoms with Gasteiger partial charge in [0, 0.05) is 0 Å². The third kappa shape index (κ3) is 5.81. The Balaban J connectivity index is 2.42. The highest BCUT2D eigenvalue weighted by Crippen LogP contribution is 2.35. The second kappa shape index (κ2) is 9.40. The summed E-state index contributed by atoms with van der Waals surface area (Å²) in [5, 5.41) is 0. The molecule has 4 rings (SSSR count). The van der Waals surface area contributed by atoms with Crippen LogP contribution in [0.1, 0.15) is 99.6 Å². The average molecular weight is 490 g/mol. The minimum absolute atomic E-state index is 0.0755. The molecule has 0 aromatic heterocycles. The van der Waals surface area contributed by atoms with Crippen molar-refractivity contribution < 1.29 is 20.6 Å². The molecule has 0 nitrogen and oxygen atoms in total. The maximum Gasteiger partial charge on any atom is 0.0636 e. The third-order valence-electron chi connectivity index (χ3n) is 5.62. The molecule has 0 bridgehead atoms. The molecule has 0 aliphatic heterocycles. The summed E-state index contributed by atoms with van der Waals surface area (Å²) in [5.41, 5.74) is -5.48. The number of hydrogen-bond donors (Lipinski definition) is 0. The van der Waals surface area contributed by atoms with E-state index in [1.54, 1.807) is 62.3 Å². The Morgan fingerprint density at radius 1 is 0.333 bits per heavy atom. The molecule has 0 amide bonds. The van der Waals surface area contributed by atoms with Crippen LogP contribution in [0.3, 0.4) is 0 Å². The summed E-state index contributed by atoms with van der Waals surface area (Å²) in [7, 11) is 0. The molecule has 4 aromatic carbocycles. The van der Waals surface area contributed by atoms with Crippen LogP contribution in [0.2, 0.25) is 0 Å². The average Bonchev–Trinajstić information content (AvgIpc) is 2.97. The van der Waals surface area contributed by atoms with Crippen molar-refractivity contribution >= 4 is 0 Å². The SMILES string of the molecule is [2H]c1c([2H])c(C(C)(C)C)c([2H])c([2H])c1-c1c([2H])c(-c2c([2H])c([2H])c(C(C)(C)C)c([2H])c2[2H])c([2H])c(-c2c([2H])c([2H])c(C(C)(C)C)c([2H])c2[2H])c1[2H]. The zero-order valence-corrected chi connectivity index (χ0v) is 22.5. The van der Waals surface area contributed by atoms with E-state index in [1.807, 2.05) is 0 Å². The van der Waals surface area contributed by atoms with E-state index in [1.165, 1.54) is 0 Å². The molecule has 0 heteroatoms. The van der Waals surface area contributed by atoms with Crippen molar-refractivity contribution in [2.45, 2.75) is 78.6 Å². The Labute approximate surface area is 240 Å². The maximum absolute atomic E-state index is 9.41. The van der Waals surface area contributed by atoms with Crippen molar-refractivity contribution in [1.29, 1.82) is 0 Å². The van der Waals surface area contributed by atoms with Crippen LogP contribution in [0, 0.1) is 0 Å². The van der Waals surface area contributed by atoms with E-state index in [2.05, 4.69) is 0 Å². The van der Waals surface area contributed by atoms with Crippen LogP contribution in [-0.2, 0) is 16.2 Å². The summed E-state index contributed by atoms with van der Waals surface area (Å²) in [6.45, 7) is 15.4. The highest BCUT2D eigenvalue weighted by Gasteiger charge is 2.16. The van der Waals surface area contributed by atoms with Crippen molar-refractivity contribution in [2.75, 3.05) is 0 Å². The maximum atomic E-state index is 9.41. The van der Waals surface area contributed by atoms with Crippen LogP contribution >= 0.6 is 0 Å². The van der Waals surface area contributed by atoms with Gasteiger partial charge in [0.25, 0.3) is 0 Å². The first-order chi connectivity index (χ1) is 23.0. The van der Waals surface area contributed by atoms with E-state index in [-0.39, 0.29) is 16.7 Å². The molecule has 0 radical (unpaired) electrons. The number of benzene rings is 4. The summed E-state index contributed by atoms with van der Waals surface area (Å²) in [6.07, 6.45) is 0. The Kier molecular flexibility index (Phi) is 3.37. The van der Waals surface area contributed by atoms with Crippen molar-refractivity contribution in [3.63, 3.8) is 0 Å². The Bertz CT molecular complexity index is 1790. The van der Waals surface area contributed by atoms with Gasteiger partial charge in [-0.05, 0) is 84.4 Å². The molecule has 0 aliphatic rings. The highest BCUT2D eigenvalue weighted by molar-refractivity contribution is 5.81. The van der Waals surface area contributed by atoms with Gasteiger partial charge in [-0.15, -0.1) is 0 Å². The van der Waals surface area contributed by atoms with Crippen LogP contribution in [0.25, 0.3) is 33.4 Å². The van der Waals surface area contributed by atoms with E-state index in [0.29, 0.717) is 0 Å². The van der Waals surface area contributed by atoms with Crippen LogP contribution < -0.4 is 0 Å². The minimum Gasteiger partial charge on any atom is -0.0579 e. The molecule has 4 aromatic rings. The molecule has 0 saturated heterocycles. The lowest BCUT2D eigenvalue weighted by Crippen LogP contribution is -2.10. The Morgan fingerprint density at radius 2 is 0.528 bits per heavy atom. The summed E-state index contributed by atoms with van der Waals surface area (Å²) >= 11 is 0. The molecular weight excluding hydrogens is 432 g/mol. The molecule has 0 unspecified atom stereocenters. The van der Waals surface area contributed by atoms with Crippen molar-refractivity contribution in [2.24, 2.45) is 0 Å². The first-order valence-corrected chi connectivity index (χ1v) is 12.0. The summed E-state index contributed by atoms with van der Waals surface area (Å²) < 4.78 is 135. The Hall–Kier alpha value is -3.12. The van der Waals surface area contributed by atoms with Gasteiger partial charge < -0.3 is 0 Å². The fourth-order valence-corrected chi connectivity index (χ4v) is 3.28. The molecule has 0 spiro atoms. The van der Waals surface area contributed by atoms with Gasteiger partial charge in [0.05, 0.1) is 20.6 Å². The smallest absolute Gasteiger partial charge is 0.0579 e. The van der Waals surface area contributed by atoms with Gasteiger partial charge in [-0.25, -0.2) is 0 Å². The van der Waals surface area contributed by atoms with Crippen molar-refractivity contribution in [3.05, 3.63) is 107 Å². The first kappa shape index (κ1) is 12.9. The van der Waals surface area contributed by atoms with E-state index >= 15 is 0 Å². The number of rotatable bonds is 3. The van der Waals surface area contributed by atoms with E-state index in [9.17, 15) is 4.11 Å². The predicted octanol–water partition coefficient (Wildman–Crippen LogP) is 10.6. The van der Waals surface area contributed by atoms with E-state index in [4.69, 9.17) is 16.4 Å². The Morgan fingerprint density at radius 3 is 0.694 bits per heavy atom. The zero-order valence-electron chi connectivity index (χ0n) is 37.5. The molecule has 0 aliphatic carbocycles. The standard InChI is InChI=1S/C36H42/c1-34(2,3)31-16-10-25(11-17-31)28-22-29(26-12-18-32(19-13-26)35(4,5)6)24-30(23-28)27-14-20-33(21-15-27)36(7,8)9/h10-24H,1-9H3/i10D,11D,12D,13D,14D,15D,16D,17D,18D,19D,20D,21D,22D,23D,24D. The van der Waals surface area contributed by atoms with Gasteiger partial charge in [-0.2, -0.15) is 0 Å². The molecule has 0 heterocycles. The van der Waals surface area contributed by atoms with Gasteiger partial charge in [0.1, 0.15) is 0 Å². The van der Waals surface area contributed by atoms with Crippen LogP contribution in [0.5, 0.6) is 0 Å². The summed E-state index contributed by atoms with van der Waals surface area (Å²) in [4.78, 5) is 0. The minimum atomic E-state index is -0.846. The second-order valence-corrected chi connectivity index (χ2v) is 12.0. The molecule has 36 heavy (non-hydrogen) atoms. The molecule has 0 N–H and O–H groups in total. The fraction of sp³-hybridized carbons (Fsp3) is 0.333. The third-order valence-corrected chi connectivity index (χ3v) is 5.62. The van der Waals surface area contributed by atoms with Crippen molar-refractivity contribution in [1.82, 2.24) is 0 Å². The summed E-state index contributed by atoms with van der Waals surface area (Å²) in [6, 6.07) is -8.51. The molecular formula is C36H42. The monoisotopic (exact) mass is 489 g/mol. The van der Waals surface area contributed by atoms with Gasteiger partial charge in [-0.1, -0.05) is 135 Å². The van der Waals surface area contributed by atoms with Gasteiger partial charge >= 0.3 is 0 Å². The largest absolute Gasteiger partial charge is 0.0636 e. The highest BCUT2D eigenvalue weighted by atomic mass is 14.2. The van der Waals surface area contributed by atoms with Gasteiger partial charge in [-0.3, -0.25) is 0 Å². The molecule has 0 fully saturated rings. The van der Waals surface area contributed by atoms with Crippen LogP contribution in [0.15, 0.2) is 90.6 Å². The lowest BCUT2D eigenvalue weighted by Gasteiger charge is -2.20. The number of hydrogen-bond acceptors (Lipinski definition) is 0. The zero-order chi connectivity index (χ0) is 39.4. The quantitative estimate of drug-likeness (QED) is 0.268. The van der Waals surface area contributed by atoms with Crippen LogP contribution in [-0.4, -0.2) is 0 Å². The fourth-order valence-electron chi connectivity index (χ4n) is 3.28. The first-order valence-electron chi connectivity index (χ1n) is 19.5.